The number of halogens is 2. The van der Waals surface area contributed by atoms with Gasteiger partial charge in [0.2, 0.25) is 0 Å². The fourth-order valence-corrected chi connectivity index (χ4v) is 2.70. The number of hydrogen-bond acceptors (Lipinski definition) is 2. The van der Waals surface area contributed by atoms with Crippen LogP contribution in [0.4, 0.5) is 4.39 Å². The number of nitrogens with zero attached hydrogens (tertiary/aromatic N) is 1. The summed E-state index contributed by atoms with van der Waals surface area (Å²) in [6, 6.07) is 4.96. The fourth-order valence-electron chi connectivity index (χ4n) is 2.58. The van der Waals surface area contributed by atoms with Crippen LogP contribution in [0.2, 0.25) is 5.02 Å². The number of benzene rings is 1. The van der Waals surface area contributed by atoms with E-state index >= 15 is 0 Å². The van der Waals surface area contributed by atoms with E-state index < -0.39 is 0 Å². The maximum absolute atomic E-state index is 13.4. The Morgan fingerprint density at radius 2 is 2.29 bits per heavy atom. The summed E-state index contributed by atoms with van der Waals surface area (Å²) in [7, 11) is 2.04. The van der Waals surface area contributed by atoms with Crippen molar-refractivity contribution < 1.29 is 9.50 Å². The molecule has 94 valence electrons. The molecule has 0 amide bonds. The summed E-state index contributed by atoms with van der Waals surface area (Å²) in [5, 5.41) is 9.57. The van der Waals surface area contributed by atoms with Gasteiger partial charge in [-0.05, 0) is 43.6 Å². The van der Waals surface area contributed by atoms with E-state index in [9.17, 15) is 9.50 Å². The molecular formula is C13H17ClFNO. The summed E-state index contributed by atoms with van der Waals surface area (Å²) in [5.41, 5.74) is 0.944. The van der Waals surface area contributed by atoms with Crippen LogP contribution in [0.15, 0.2) is 18.2 Å². The molecular weight excluding hydrogens is 241 g/mol. The Morgan fingerprint density at radius 1 is 1.53 bits per heavy atom. The van der Waals surface area contributed by atoms with Gasteiger partial charge in [0.25, 0.3) is 0 Å². The second-order valence-electron chi connectivity index (χ2n) is 4.77. The molecule has 2 atom stereocenters. The van der Waals surface area contributed by atoms with Crippen LogP contribution in [0.25, 0.3) is 0 Å². The van der Waals surface area contributed by atoms with E-state index in [1.807, 2.05) is 13.1 Å². The standard InChI is InChI=1S/C13H17ClFNO/c1-16-5-4-11(10(7-16)8-17)9-2-3-12(14)13(15)6-9/h2-3,6,10-11,17H,4-5,7-8H2,1H3. The molecule has 2 nitrogen and oxygen atoms in total. The molecule has 17 heavy (non-hydrogen) atoms. The van der Waals surface area contributed by atoms with E-state index in [0.29, 0.717) is 0 Å². The van der Waals surface area contributed by atoms with Crippen LogP contribution in [-0.2, 0) is 0 Å². The fraction of sp³-hybridized carbons (Fsp3) is 0.538. The smallest absolute Gasteiger partial charge is 0.142 e. The van der Waals surface area contributed by atoms with E-state index in [-0.39, 0.29) is 29.3 Å². The molecule has 1 saturated heterocycles. The second kappa shape index (κ2) is 5.34. The molecule has 0 aromatic heterocycles. The highest BCUT2D eigenvalue weighted by Crippen LogP contribution is 2.33. The summed E-state index contributed by atoms with van der Waals surface area (Å²) >= 11 is 5.68. The van der Waals surface area contributed by atoms with E-state index in [2.05, 4.69) is 4.90 Å². The maximum Gasteiger partial charge on any atom is 0.142 e. The van der Waals surface area contributed by atoms with Gasteiger partial charge in [0.1, 0.15) is 5.82 Å². The molecule has 1 fully saturated rings. The molecule has 1 heterocycles. The van der Waals surface area contributed by atoms with Crippen molar-refractivity contribution in [1.82, 2.24) is 4.90 Å². The van der Waals surface area contributed by atoms with Gasteiger partial charge in [-0.3, -0.25) is 0 Å². The minimum absolute atomic E-state index is 0.138. The quantitative estimate of drug-likeness (QED) is 0.880. The zero-order valence-corrected chi connectivity index (χ0v) is 10.6. The molecule has 0 radical (unpaired) electrons. The third-order valence-corrected chi connectivity index (χ3v) is 3.85. The Balaban J connectivity index is 2.22. The normalized spacial score (nSPS) is 26.1. The first-order valence-corrected chi connectivity index (χ1v) is 6.24. The molecule has 0 bridgehead atoms. The van der Waals surface area contributed by atoms with Crippen molar-refractivity contribution >= 4 is 11.6 Å². The minimum Gasteiger partial charge on any atom is -0.396 e. The van der Waals surface area contributed by atoms with Crippen molar-refractivity contribution in [2.45, 2.75) is 12.3 Å². The molecule has 0 aliphatic carbocycles. The van der Waals surface area contributed by atoms with Gasteiger partial charge in [0, 0.05) is 19.1 Å². The summed E-state index contributed by atoms with van der Waals surface area (Å²) in [6.07, 6.45) is 0.947. The lowest BCUT2D eigenvalue weighted by molar-refractivity contribution is 0.118. The van der Waals surface area contributed by atoms with E-state index in [1.54, 1.807) is 6.07 Å². The lowest BCUT2D eigenvalue weighted by atomic mass is 9.81. The molecule has 2 unspecified atom stereocenters. The number of aliphatic hydroxyl groups excluding tert-OH is 1. The van der Waals surface area contributed by atoms with Gasteiger partial charge in [-0.1, -0.05) is 17.7 Å². The molecule has 4 heteroatoms. The van der Waals surface area contributed by atoms with Crippen molar-refractivity contribution in [3.8, 4) is 0 Å². The lowest BCUT2D eigenvalue weighted by Crippen LogP contribution is -2.38. The zero-order chi connectivity index (χ0) is 12.4. The number of rotatable bonds is 2. The molecule has 1 N–H and O–H groups in total. The maximum atomic E-state index is 13.4. The summed E-state index contributed by atoms with van der Waals surface area (Å²) in [4.78, 5) is 2.20. The topological polar surface area (TPSA) is 23.5 Å². The van der Waals surface area contributed by atoms with Crippen LogP contribution in [0.3, 0.4) is 0 Å². The van der Waals surface area contributed by atoms with Gasteiger partial charge in [-0.2, -0.15) is 0 Å². The summed E-state index contributed by atoms with van der Waals surface area (Å²) < 4.78 is 13.4. The predicted octanol–water partition coefficient (Wildman–Crippen LogP) is 2.51. The Bertz CT molecular complexity index is 399. The van der Waals surface area contributed by atoms with E-state index in [0.717, 1.165) is 25.1 Å². The Labute approximate surface area is 106 Å². The van der Waals surface area contributed by atoms with Crippen LogP contribution in [0.1, 0.15) is 17.9 Å². The highest BCUT2D eigenvalue weighted by atomic mass is 35.5. The van der Waals surface area contributed by atoms with Crippen molar-refractivity contribution in [3.05, 3.63) is 34.6 Å². The Hall–Kier alpha value is -0.640. The van der Waals surface area contributed by atoms with Crippen molar-refractivity contribution in [2.75, 3.05) is 26.7 Å². The molecule has 1 aliphatic heterocycles. The summed E-state index contributed by atoms with van der Waals surface area (Å²) in [5.74, 6) is 0.0251. The van der Waals surface area contributed by atoms with Gasteiger partial charge in [0.05, 0.1) is 5.02 Å². The van der Waals surface area contributed by atoms with Crippen molar-refractivity contribution in [2.24, 2.45) is 5.92 Å². The summed E-state index contributed by atoms with van der Waals surface area (Å²) in [6.45, 7) is 1.97. The van der Waals surface area contributed by atoms with Crippen LogP contribution >= 0.6 is 11.6 Å². The molecule has 0 saturated carbocycles. The van der Waals surface area contributed by atoms with E-state index in [4.69, 9.17) is 11.6 Å². The molecule has 2 rings (SSSR count). The van der Waals surface area contributed by atoms with Gasteiger partial charge in [-0.15, -0.1) is 0 Å². The minimum atomic E-state index is -0.375. The average Bonchev–Trinajstić information content (AvgIpc) is 2.32. The molecule has 1 aromatic rings. The average molecular weight is 258 g/mol. The Morgan fingerprint density at radius 3 is 2.94 bits per heavy atom. The van der Waals surface area contributed by atoms with Gasteiger partial charge in [-0.25, -0.2) is 4.39 Å². The Kier molecular flexibility index (Phi) is 4.02. The zero-order valence-electron chi connectivity index (χ0n) is 9.87. The lowest BCUT2D eigenvalue weighted by Gasteiger charge is -2.36. The van der Waals surface area contributed by atoms with Crippen molar-refractivity contribution in [1.29, 1.82) is 0 Å². The number of piperidine rings is 1. The van der Waals surface area contributed by atoms with Gasteiger partial charge in [0.15, 0.2) is 0 Å². The molecule has 1 aromatic carbocycles. The third-order valence-electron chi connectivity index (χ3n) is 3.54. The number of aliphatic hydroxyl groups is 1. The van der Waals surface area contributed by atoms with E-state index in [1.165, 1.54) is 6.07 Å². The third kappa shape index (κ3) is 2.79. The monoisotopic (exact) mass is 257 g/mol. The van der Waals surface area contributed by atoms with Crippen LogP contribution in [0.5, 0.6) is 0 Å². The van der Waals surface area contributed by atoms with Gasteiger partial charge >= 0.3 is 0 Å². The first-order valence-electron chi connectivity index (χ1n) is 5.86. The molecule has 0 spiro atoms. The van der Waals surface area contributed by atoms with Crippen LogP contribution in [0, 0.1) is 11.7 Å². The first-order chi connectivity index (χ1) is 8.11. The highest BCUT2D eigenvalue weighted by Gasteiger charge is 2.28. The SMILES string of the molecule is CN1CCC(c2ccc(Cl)c(F)c2)C(CO)C1. The number of likely N-dealkylation sites (tertiary alicyclic amines) is 1. The number of hydrogen-bond donors (Lipinski definition) is 1. The van der Waals surface area contributed by atoms with Gasteiger partial charge < -0.3 is 10.0 Å². The largest absolute Gasteiger partial charge is 0.396 e. The van der Waals surface area contributed by atoms with Crippen LogP contribution < -0.4 is 0 Å². The predicted molar refractivity (Wildman–Crippen MR) is 66.8 cm³/mol. The molecule has 1 aliphatic rings. The second-order valence-corrected chi connectivity index (χ2v) is 5.18. The first kappa shape index (κ1) is 12.8. The van der Waals surface area contributed by atoms with Crippen LogP contribution in [-0.4, -0.2) is 36.8 Å². The highest BCUT2D eigenvalue weighted by molar-refractivity contribution is 6.30. The van der Waals surface area contributed by atoms with Crippen molar-refractivity contribution in [3.63, 3.8) is 0 Å².